The van der Waals surface area contributed by atoms with E-state index < -0.39 is 0 Å². The highest BCUT2D eigenvalue weighted by atomic mass is 16.5. The Hall–Kier alpha value is -2.86. The van der Waals surface area contributed by atoms with Gasteiger partial charge in [0.15, 0.2) is 6.04 Å². The highest BCUT2D eigenvalue weighted by molar-refractivity contribution is 5.95. The number of fused-ring (bicyclic) bond motifs is 1. The minimum absolute atomic E-state index is 0.0232. The van der Waals surface area contributed by atoms with E-state index in [1.165, 1.54) is 12.8 Å². The third kappa shape index (κ3) is 4.51. The average molecular weight is 380 g/mol. The van der Waals surface area contributed by atoms with E-state index in [4.69, 9.17) is 4.74 Å². The minimum atomic E-state index is -0.347. The summed E-state index contributed by atoms with van der Waals surface area (Å²) in [7, 11) is 0. The Morgan fingerprint density at radius 3 is 2.54 bits per heavy atom. The topological polar surface area (TPSA) is 84.0 Å². The van der Waals surface area contributed by atoms with Crippen molar-refractivity contribution in [3.8, 4) is 11.5 Å². The number of nitrogens with two attached hydrogens (primary N) is 1. The molecule has 2 aromatic rings. The molecule has 0 aromatic heterocycles. The largest absolute Gasteiger partial charge is 0.457 e. The Kier molecular flexibility index (Phi) is 5.58. The van der Waals surface area contributed by atoms with Crippen LogP contribution in [-0.2, 0) is 9.59 Å². The van der Waals surface area contributed by atoms with Crippen molar-refractivity contribution in [3.05, 3.63) is 54.6 Å². The van der Waals surface area contributed by atoms with Crippen LogP contribution in [0.2, 0.25) is 0 Å². The summed E-state index contributed by atoms with van der Waals surface area (Å²) < 4.78 is 5.75. The van der Waals surface area contributed by atoms with Gasteiger partial charge in [-0.05, 0) is 49.2 Å². The molecule has 1 heterocycles. The number of amides is 2. The fourth-order valence-electron chi connectivity index (χ4n) is 4.05. The summed E-state index contributed by atoms with van der Waals surface area (Å²) in [5.41, 5.74) is 0.692. The first kappa shape index (κ1) is 18.5. The third-order valence-electron chi connectivity index (χ3n) is 5.49. The van der Waals surface area contributed by atoms with Gasteiger partial charge in [-0.2, -0.15) is 0 Å². The summed E-state index contributed by atoms with van der Waals surface area (Å²) in [4.78, 5) is 24.7. The number of rotatable bonds is 5. The van der Waals surface area contributed by atoms with E-state index in [2.05, 4.69) is 16.0 Å². The summed E-state index contributed by atoms with van der Waals surface area (Å²) in [5.74, 6) is 1.29. The minimum Gasteiger partial charge on any atom is -0.457 e. The molecule has 4 N–H and O–H groups in total. The Morgan fingerprint density at radius 2 is 1.75 bits per heavy atom. The van der Waals surface area contributed by atoms with Crippen LogP contribution in [0.25, 0.3) is 0 Å². The van der Waals surface area contributed by atoms with Crippen molar-refractivity contribution >= 4 is 17.5 Å². The van der Waals surface area contributed by atoms with Crippen LogP contribution in [0.3, 0.4) is 0 Å². The molecule has 28 heavy (non-hydrogen) atoms. The number of ether oxygens (including phenoxy) is 1. The maximum Gasteiger partial charge on any atom is 0.279 e. The molecule has 1 saturated carbocycles. The second-order valence-corrected chi connectivity index (χ2v) is 7.55. The van der Waals surface area contributed by atoms with Gasteiger partial charge < -0.3 is 20.7 Å². The summed E-state index contributed by atoms with van der Waals surface area (Å²) in [6.45, 7) is 0. The predicted molar refractivity (Wildman–Crippen MR) is 106 cm³/mol. The van der Waals surface area contributed by atoms with E-state index in [1.54, 1.807) is 12.1 Å². The lowest BCUT2D eigenvalue weighted by atomic mass is 9.87. The Morgan fingerprint density at radius 1 is 1.04 bits per heavy atom. The van der Waals surface area contributed by atoms with E-state index in [0.717, 1.165) is 18.6 Å². The first-order valence-corrected chi connectivity index (χ1v) is 9.95. The molecule has 4 rings (SSSR count). The number of piperazine rings is 1. The van der Waals surface area contributed by atoms with Crippen LogP contribution in [0.4, 0.5) is 5.69 Å². The van der Waals surface area contributed by atoms with Gasteiger partial charge in [-0.25, -0.2) is 0 Å². The van der Waals surface area contributed by atoms with E-state index in [0.29, 0.717) is 17.5 Å². The van der Waals surface area contributed by atoms with Crippen molar-refractivity contribution in [2.24, 2.45) is 0 Å². The molecule has 146 valence electrons. The molecule has 2 aliphatic rings. The van der Waals surface area contributed by atoms with Gasteiger partial charge >= 0.3 is 0 Å². The lowest BCUT2D eigenvalue weighted by Gasteiger charge is -2.37. The molecule has 1 saturated heterocycles. The van der Waals surface area contributed by atoms with Gasteiger partial charge in [-0.3, -0.25) is 9.59 Å². The predicted octanol–water partition coefficient (Wildman–Crippen LogP) is 2.18. The maximum atomic E-state index is 12.4. The standard InChI is InChI=1S/C22H25N3O3/c26-21(14-20-22(27)25-19-9-5-4-8-18(19)24-20)23-15-10-12-17(13-11-15)28-16-6-2-1-3-7-16/h1-3,6-7,10-13,18-20,24H,4-5,8-9,14H2,(H,23,26)(H,25,27)/p+1/t18-,19-,20-/m0/s1. The highest BCUT2D eigenvalue weighted by Crippen LogP contribution is 2.23. The molecule has 3 atom stereocenters. The summed E-state index contributed by atoms with van der Waals surface area (Å²) in [6, 6.07) is 17.1. The van der Waals surface area contributed by atoms with Crippen molar-refractivity contribution < 1.29 is 19.6 Å². The van der Waals surface area contributed by atoms with Gasteiger partial charge in [0.2, 0.25) is 5.91 Å². The van der Waals surface area contributed by atoms with Crippen molar-refractivity contribution in [2.45, 2.75) is 50.2 Å². The molecule has 2 amide bonds. The van der Waals surface area contributed by atoms with Crippen molar-refractivity contribution in [2.75, 3.05) is 5.32 Å². The third-order valence-corrected chi connectivity index (χ3v) is 5.49. The Bertz CT molecular complexity index is 823. The van der Waals surface area contributed by atoms with Gasteiger partial charge in [-0.1, -0.05) is 24.6 Å². The van der Waals surface area contributed by atoms with Crippen molar-refractivity contribution in [3.63, 3.8) is 0 Å². The van der Waals surface area contributed by atoms with E-state index in [9.17, 15) is 9.59 Å². The summed E-state index contributed by atoms with van der Waals surface area (Å²) in [5, 5.41) is 8.08. The highest BCUT2D eigenvalue weighted by Gasteiger charge is 2.40. The van der Waals surface area contributed by atoms with Crippen LogP contribution in [-0.4, -0.2) is 29.9 Å². The number of nitrogens with one attached hydrogen (secondary N) is 2. The van der Waals surface area contributed by atoms with Crippen LogP contribution in [0.1, 0.15) is 32.1 Å². The smallest absolute Gasteiger partial charge is 0.279 e. The monoisotopic (exact) mass is 380 g/mol. The zero-order chi connectivity index (χ0) is 19.3. The van der Waals surface area contributed by atoms with Gasteiger partial charge in [0.1, 0.15) is 17.5 Å². The van der Waals surface area contributed by atoms with Gasteiger partial charge in [0.25, 0.3) is 5.91 Å². The number of carbonyl (C=O) groups is 2. The second-order valence-electron chi connectivity index (χ2n) is 7.55. The van der Waals surface area contributed by atoms with Gasteiger partial charge in [0.05, 0.1) is 12.5 Å². The van der Waals surface area contributed by atoms with Crippen LogP contribution in [0.15, 0.2) is 54.6 Å². The molecule has 0 bridgehead atoms. The van der Waals surface area contributed by atoms with Crippen molar-refractivity contribution in [1.82, 2.24) is 5.32 Å². The molecule has 0 unspecified atom stereocenters. The number of hydrogen-bond acceptors (Lipinski definition) is 3. The Balaban J connectivity index is 1.30. The molecule has 2 aromatic carbocycles. The number of para-hydroxylation sites is 1. The quantitative estimate of drug-likeness (QED) is 0.743. The maximum absolute atomic E-state index is 12.4. The second kappa shape index (κ2) is 8.44. The number of hydrogen-bond donors (Lipinski definition) is 3. The normalized spacial score (nSPS) is 24.0. The number of anilines is 1. The summed E-state index contributed by atoms with van der Waals surface area (Å²) >= 11 is 0. The van der Waals surface area contributed by atoms with Crippen LogP contribution < -0.4 is 20.7 Å². The Labute approximate surface area is 164 Å². The lowest BCUT2D eigenvalue weighted by Crippen LogP contribution is -3.03. The fourth-order valence-corrected chi connectivity index (χ4v) is 4.05. The van der Waals surface area contributed by atoms with E-state index >= 15 is 0 Å². The number of quaternary nitrogens is 1. The zero-order valence-electron chi connectivity index (χ0n) is 15.8. The van der Waals surface area contributed by atoms with Gasteiger partial charge in [0, 0.05) is 12.1 Å². The molecular weight excluding hydrogens is 354 g/mol. The van der Waals surface area contributed by atoms with Crippen LogP contribution in [0, 0.1) is 0 Å². The molecule has 1 aliphatic heterocycles. The lowest BCUT2D eigenvalue weighted by molar-refractivity contribution is -0.718. The first-order chi connectivity index (χ1) is 13.7. The molecule has 2 fully saturated rings. The fraction of sp³-hybridized carbons (Fsp3) is 0.364. The van der Waals surface area contributed by atoms with Crippen LogP contribution in [0.5, 0.6) is 11.5 Å². The SMILES string of the molecule is O=C(C[C@@H]1[NH2+][C@H]2CCCC[C@@H]2NC1=O)Nc1ccc(Oc2ccccc2)cc1. The number of benzene rings is 2. The molecule has 6 heteroatoms. The van der Waals surface area contributed by atoms with E-state index in [1.807, 2.05) is 42.5 Å². The number of carbonyl (C=O) groups excluding carboxylic acids is 2. The zero-order valence-corrected chi connectivity index (χ0v) is 15.8. The first-order valence-electron chi connectivity index (χ1n) is 9.95. The van der Waals surface area contributed by atoms with Crippen molar-refractivity contribution in [1.29, 1.82) is 0 Å². The average Bonchev–Trinajstić information content (AvgIpc) is 2.71. The van der Waals surface area contributed by atoms with E-state index in [-0.39, 0.29) is 30.3 Å². The molecule has 0 spiro atoms. The summed E-state index contributed by atoms with van der Waals surface area (Å²) in [6.07, 6.45) is 4.70. The molecule has 0 radical (unpaired) electrons. The molecule has 6 nitrogen and oxygen atoms in total. The molecule has 1 aliphatic carbocycles. The van der Waals surface area contributed by atoms with Crippen LogP contribution >= 0.6 is 0 Å². The molecular formula is C22H26N3O3+. The van der Waals surface area contributed by atoms with Gasteiger partial charge in [-0.15, -0.1) is 0 Å².